The Morgan fingerprint density at radius 3 is 2.21 bits per heavy atom. The molecule has 0 aliphatic heterocycles. The van der Waals surface area contributed by atoms with Crippen LogP contribution in [-0.4, -0.2) is 30.1 Å². The number of likely N-dealkylation sites (N-methyl/N-ethyl adjacent to an activating group) is 1. The van der Waals surface area contributed by atoms with Crippen molar-refractivity contribution in [2.75, 3.05) is 13.6 Å². The van der Waals surface area contributed by atoms with Crippen LogP contribution in [0.25, 0.3) is 0 Å². The van der Waals surface area contributed by atoms with Gasteiger partial charge in [-0.15, -0.1) is 0 Å². The summed E-state index contributed by atoms with van der Waals surface area (Å²) in [6.45, 7) is 5.69. The largest absolute Gasteiger partial charge is 0.329 e. The van der Waals surface area contributed by atoms with Crippen LogP contribution in [-0.2, 0) is 0 Å². The van der Waals surface area contributed by atoms with Gasteiger partial charge in [0, 0.05) is 18.1 Å². The molecule has 3 unspecified atom stereocenters. The third-order valence-electron chi connectivity index (χ3n) is 6.17. The number of hydrogen-bond donors (Lipinski definition) is 1. The summed E-state index contributed by atoms with van der Waals surface area (Å²) in [5.74, 6) is 1.63. The minimum atomic E-state index is 0.279. The summed E-state index contributed by atoms with van der Waals surface area (Å²) in [5, 5.41) is 0. The molecule has 0 aromatic rings. The lowest BCUT2D eigenvalue weighted by molar-refractivity contribution is -0.0140. The summed E-state index contributed by atoms with van der Waals surface area (Å²) < 4.78 is 0. The van der Waals surface area contributed by atoms with E-state index in [-0.39, 0.29) is 5.54 Å². The average Bonchev–Trinajstić information content (AvgIpc) is 2.67. The second kappa shape index (κ2) is 6.58. The summed E-state index contributed by atoms with van der Waals surface area (Å²) in [7, 11) is 2.37. The van der Waals surface area contributed by atoms with Gasteiger partial charge in [-0.25, -0.2) is 0 Å². The van der Waals surface area contributed by atoms with Crippen LogP contribution in [0, 0.1) is 11.8 Å². The van der Waals surface area contributed by atoms with Crippen molar-refractivity contribution in [2.45, 2.75) is 83.2 Å². The molecule has 2 nitrogen and oxygen atoms in total. The maximum Gasteiger partial charge on any atom is 0.0357 e. The Labute approximate surface area is 120 Å². The molecule has 2 aliphatic rings. The highest BCUT2D eigenvalue weighted by atomic mass is 15.2. The van der Waals surface area contributed by atoms with Gasteiger partial charge < -0.3 is 5.73 Å². The normalized spacial score (nSPS) is 38.4. The zero-order valence-corrected chi connectivity index (χ0v) is 13.3. The number of nitrogens with two attached hydrogens (primary N) is 1. The lowest BCUT2D eigenvalue weighted by Gasteiger charge is -2.52. The van der Waals surface area contributed by atoms with Crippen molar-refractivity contribution in [3.8, 4) is 0 Å². The fourth-order valence-corrected chi connectivity index (χ4v) is 4.66. The van der Waals surface area contributed by atoms with Crippen LogP contribution in [0.15, 0.2) is 0 Å². The third kappa shape index (κ3) is 3.16. The van der Waals surface area contributed by atoms with Gasteiger partial charge in [0.15, 0.2) is 0 Å². The molecule has 3 atom stereocenters. The summed E-state index contributed by atoms with van der Waals surface area (Å²) >= 11 is 0. The van der Waals surface area contributed by atoms with E-state index in [4.69, 9.17) is 5.73 Å². The van der Waals surface area contributed by atoms with Crippen LogP contribution in [0.5, 0.6) is 0 Å². The van der Waals surface area contributed by atoms with Crippen LogP contribution < -0.4 is 5.73 Å². The van der Waals surface area contributed by atoms with Crippen LogP contribution in [0.1, 0.15) is 71.6 Å². The smallest absolute Gasteiger partial charge is 0.0357 e. The van der Waals surface area contributed by atoms with Crippen LogP contribution >= 0.6 is 0 Å². The maximum absolute atomic E-state index is 6.28. The van der Waals surface area contributed by atoms with Gasteiger partial charge in [0.05, 0.1) is 0 Å². The van der Waals surface area contributed by atoms with Crippen molar-refractivity contribution in [1.82, 2.24) is 4.90 Å². The van der Waals surface area contributed by atoms with Gasteiger partial charge in [-0.1, -0.05) is 39.5 Å². The Morgan fingerprint density at radius 1 is 1.05 bits per heavy atom. The second-order valence-electron chi connectivity index (χ2n) is 7.34. The minimum absolute atomic E-state index is 0.279. The molecule has 0 radical (unpaired) electrons. The molecule has 112 valence electrons. The standard InChI is InChI=1S/C17H34N2/c1-14-10-11-17(13-18,15(2)12-14)19(3)16-8-6-4-5-7-9-16/h14-16H,4-13,18H2,1-3H3. The topological polar surface area (TPSA) is 29.3 Å². The van der Waals surface area contributed by atoms with Crippen molar-refractivity contribution in [3.05, 3.63) is 0 Å². The number of nitrogens with zero attached hydrogens (tertiary/aromatic N) is 1. The summed E-state index contributed by atoms with van der Waals surface area (Å²) in [5.41, 5.74) is 6.56. The van der Waals surface area contributed by atoms with Crippen molar-refractivity contribution in [2.24, 2.45) is 17.6 Å². The zero-order valence-electron chi connectivity index (χ0n) is 13.3. The zero-order chi connectivity index (χ0) is 13.9. The van der Waals surface area contributed by atoms with Gasteiger partial charge in [0.2, 0.25) is 0 Å². The quantitative estimate of drug-likeness (QED) is 0.787. The van der Waals surface area contributed by atoms with E-state index in [0.717, 1.165) is 24.4 Å². The monoisotopic (exact) mass is 266 g/mol. The summed E-state index contributed by atoms with van der Waals surface area (Å²) in [4.78, 5) is 2.72. The van der Waals surface area contributed by atoms with Crippen LogP contribution in [0.3, 0.4) is 0 Å². The van der Waals surface area contributed by atoms with Gasteiger partial charge >= 0.3 is 0 Å². The molecule has 0 saturated heterocycles. The SMILES string of the molecule is CC1CCC(CN)(N(C)C2CCCCCC2)C(C)C1. The predicted molar refractivity (Wildman–Crippen MR) is 83.2 cm³/mol. The molecule has 2 fully saturated rings. The van der Waals surface area contributed by atoms with Gasteiger partial charge in [-0.2, -0.15) is 0 Å². The van der Waals surface area contributed by atoms with Gasteiger partial charge in [0.1, 0.15) is 0 Å². The highest BCUT2D eigenvalue weighted by Crippen LogP contribution is 2.41. The molecule has 19 heavy (non-hydrogen) atoms. The van der Waals surface area contributed by atoms with E-state index in [1.54, 1.807) is 0 Å². The number of hydrogen-bond acceptors (Lipinski definition) is 2. The Balaban J connectivity index is 2.10. The van der Waals surface area contributed by atoms with Gasteiger partial charge in [0.25, 0.3) is 0 Å². The molecular weight excluding hydrogens is 232 g/mol. The Kier molecular flexibility index (Phi) is 5.30. The first-order valence-electron chi connectivity index (χ1n) is 8.53. The van der Waals surface area contributed by atoms with E-state index in [1.807, 2.05) is 0 Å². The molecule has 2 aliphatic carbocycles. The molecule has 2 saturated carbocycles. The first-order valence-corrected chi connectivity index (χ1v) is 8.53. The van der Waals surface area contributed by atoms with E-state index < -0.39 is 0 Å². The molecule has 0 bridgehead atoms. The Hall–Kier alpha value is -0.0800. The molecule has 0 aromatic heterocycles. The Bertz CT molecular complexity index is 270. The van der Waals surface area contributed by atoms with Crippen molar-refractivity contribution in [1.29, 1.82) is 0 Å². The first-order chi connectivity index (χ1) is 9.10. The summed E-state index contributed by atoms with van der Waals surface area (Å²) in [6, 6.07) is 0.780. The molecule has 0 amide bonds. The molecule has 2 N–H and O–H groups in total. The van der Waals surface area contributed by atoms with Gasteiger partial charge in [-0.05, 0) is 51.0 Å². The molecular formula is C17H34N2. The van der Waals surface area contributed by atoms with Crippen LogP contribution in [0.2, 0.25) is 0 Å². The lowest BCUT2D eigenvalue weighted by atomic mass is 9.68. The summed E-state index contributed by atoms with van der Waals surface area (Å²) in [6.07, 6.45) is 12.5. The van der Waals surface area contributed by atoms with Crippen LogP contribution in [0.4, 0.5) is 0 Å². The average molecular weight is 266 g/mol. The first kappa shape index (κ1) is 15.3. The van der Waals surface area contributed by atoms with E-state index in [2.05, 4.69) is 25.8 Å². The molecule has 2 rings (SSSR count). The molecule has 0 spiro atoms. The second-order valence-corrected chi connectivity index (χ2v) is 7.34. The van der Waals surface area contributed by atoms with E-state index in [0.29, 0.717) is 0 Å². The van der Waals surface area contributed by atoms with Crippen molar-refractivity contribution in [3.63, 3.8) is 0 Å². The lowest BCUT2D eigenvalue weighted by Crippen LogP contribution is -2.61. The fourth-order valence-electron chi connectivity index (χ4n) is 4.66. The third-order valence-corrected chi connectivity index (χ3v) is 6.17. The fraction of sp³-hybridized carbons (Fsp3) is 1.00. The minimum Gasteiger partial charge on any atom is -0.329 e. The Morgan fingerprint density at radius 2 is 1.68 bits per heavy atom. The number of rotatable bonds is 3. The maximum atomic E-state index is 6.28. The molecule has 0 heterocycles. The molecule has 2 heteroatoms. The van der Waals surface area contributed by atoms with E-state index in [9.17, 15) is 0 Å². The predicted octanol–water partition coefficient (Wildman–Crippen LogP) is 3.79. The van der Waals surface area contributed by atoms with Gasteiger partial charge in [-0.3, -0.25) is 4.90 Å². The highest BCUT2D eigenvalue weighted by Gasteiger charge is 2.44. The molecule has 0 aromatic carbocycles. The van der Waals surface area contributed by atoms with Crippen molar-refractivity contribution >= 4 is 0 Å². The van der Waals surface area contributed by atoms with Crippen molar-refractivity contribution < 1.29 is 0 Å². The van der Waals surface area contributed by atoms with E-state index in [1.165, 1.54) is 57.8 Å². The van der Waals surface area contributed by atoms with E-state index >= 15 is 0 Å². The highest BCUT2D eigenvalue weighted by molar-refractivity contribution is 5.00.